The Morgan fingerprint density at radius 3 is 1.53 bits per heavy atom. The lowest BCUT2D eigenvalue weighted by molar-refractivity contribution is -0.139. The Kier molecular flexibility index (Phi) is 8.05. The van der Waals surface area contributed by atoms with E-state index < -0.39 is 18.6 Å². The number of carbonyl (C=O) groups is 2. The Bertz CT molecular complexity index is 346. The first kappa shape index (κ1) is 18.2. The van der Waals surface area contributed by atoms with Gasteiger partial charge in [-0.1, -0.05) is 13.2 Å². The average molecular weight is 325 g/mol. The van der Waals surface area contributed by atoms with Crippen LogP contribution in [0.15, 0.2) is 24.3 Å². The van der Waals surface area contributed by atoms with Gasteiger partial charge in [-0.2, -0.15) is 0 Å². The fourth-order valence-corrected chi connectivity index (χ4v) is 2.93. The number of carbonyl (C=O) groups excluding carboxylic acids is 2. The molecule has 0 unspecified atom stereocenters. The van der Waals surface area contributed by atoms with Gasteiger partial charge in [0.2, 0.25) is 0 Å². The van der Waals surface area contributed by atoms with Crippen molar-refractivity contribution in [3.63, 3.8) is 0 Å². The van der Waals surface area contributed by atoms with Crippen LogP contribution in [0.3, 0.4) is 0 Å². The van der Waals surface area contributed by atoms with Gasteiger partial charge in [0.25, 0.3) is 6.69 Å². The molecule has 4 nitrogen and oxygen atoms in total. The van der Waals surface area contributed by atoms with E-state index in [0.29, 0.717) is 23.2 Å². The second-order valence-corrected chi connectivity index (χ2v) is 11.8. The molecule has 0 spiro atoms. The molecule has 0 aromatic carbocycles. The van der Waals surface area contributed by atoms with Gasteiger partial charge >= 0.3 is 11.9 Å². The highest BCUT2D eigenvalue weighted by Gasteiger charge is 2.29. The van der Waals surface area contributed by atoms with Gasteiger partial charge in [-0.15, -0.1) is 22.2 Å². The van der Waals surface area contributed by atoms with Crippen LogP contribution in [0.25, 0.3) is 0 Å². The average Bonchev–Trinajstić information content (AvgIpc) is 2.27. The molecule has 0 saturated carbocycles. The SMILES string of the molecule is C=C(C)C(=O)OCC[Si](Cl)(Cl)CCOC(=O)C(=C)C. The normalized spacial score (nSPS) is 10.7. The molecular formula is C12H18Cl2O4Si. The van der Waals surface area contributed by atoms with Gasteiger partial charge in [0.05, 0.1) is 13.2 Å². The van der Waals surface area contributed by atoms with Gasteiger partial charge in [0.1, 0.15) is 0 Å². The zero-order chi connectivity index (χ0) is 15.1. The van der Waals surface area contributed by atoms with Crippen molar-refractivity contribution in [2.45, 2.75) is 25.9 Å². The summed E-state index contributed by atoms with van der Waals surface area (Å²) in [5, 5.41) is 0. The number of hydrogen-bond donors (Lipinski definition) is 0. The fourth-order valence-electron chi connectivity index (χ4n) is 0.957. The van der Waals surface area contributed by atoms with Gasteiger partial charge in [-0.3, -0.25) is 0 Å². The van der Waals surface area contributed by atoms with Gasteiger partial charge in [0.15, 0.2) is 0 Å². The molecule has 0 amide bonds. The van der Waals surface area contributed by atoms with Crippen LogP contribution in [0.2, 0.25) is 12.1 Å². The number of rotatable bonds is 8. The first-order valence-electron chi connectivity index (χ1n) is 5.69. The maximum Gasteiger partial charge on any atom is 0.333 e. The molecule has 0 heterocycles. The largest absolute Gasteiger partial charge is 0.463 e. The van der Waals surface area contributed by atoms with Gasteiger partial charge in [-0.05, 0) is 13.8 Å². The maximum absolute atomic E-state index is 11.1. The van der Waals surface area contributed by atoms with Crippen molar-refractivity contribution < 1.29 is 19.1 Å². The second kappa shape index (κ2) is 8.40. The Hall–Kier alpha value is -0.783. The molecule has 0 N–H and O–H groups in total. The molecule has 0 aromatic heterocycles. The lowest BCUT2D eigenvalue weighted by Crippen LogP contribution is -2.25. The van der Waals surface area contributed by atoms with Crippen LogP contribution in [-0.2, 0) is 19.1 Å². The number of halogens is 2. The molecule has 19 heavy (non-hydrogen) atoms. The van der Waals surface area contributed by atoms with Crippen molar-refractivity contribution in [2.75, 3.05) is 13.2 Å². The van der Waals surface area contributed by atoms with Gasteiger partial charge in [-0.25, -0.2) is 9.59 Å². The topological polar surface area (TPSA) is 52.6 Å². The van der Waals surface area contributed by atoms with E-state index in [2.05, 4.69) is 13.2 Å². The summed E-state index contributed by atoms with van der Waals surface area (Å²) in [5.74, 6) is -0.932. The highest BCUT2D eigenvalue weighted by atomic mass is 35.7. The van der Waals surface area contributed by atoms with Gasteiger partial charge in [0, 0.05) is 23.2 Å². The van der Waals surface area contributed by atoms with Crippen LogP contribution in [0.5, 0.6) is 0 Å². The third-order valence-electron chi connectivity index (χ3n) is 2.10. The van der Waals surface area contributed by atoms with E-state index >= 15 is 0 Å². The molecule has 0 radical (unpaired) electrons. The van der Waals surface area contributed by atoms with E-state index in [1.807, 2.05) is 0 Å². The molecule has 0 aliphatic heterocycles. The Morgan fingerprint density at radius 2 is 1.26 bits per heavy atom. The molecule has 0 aromatic rings. The van der Waals surface area contributed by atoms with Crippen LogP contribution in [-0.4, -0.2) is 31.8 Å². The van der Waals surface area contributed by atoms with Crippen LogP contribution in [0.1, 0.15) is 13.8 Å². The van der Waals surface area contributed by atoms with Crippen LogP contribution in [0, 0.1) is 0 Å². The molecular weight excluding hydrogens is 307 g/mol. The van der Waals surface area contributed by atoms with E-state index in [4.69, 9.17) is 31.6 Å². The number of hydrogen-bond acceptors (Lipinski definition) is 4. The zero-order valence-electron chi connectivity index (χ0n) is 11.1. The van der Waals surface area contributed by atoms with Crippen molar-refractivity contribution in [1.82, 2.24) is 0 Å². The Morgan fingerprint density at radius 1 is 0.947 bits per heavy atom. The zero-order valence-corrected chi connectivity index (χ0v) is 13.6. The summed E-state index contributed by atoms with van der Waals surface area (Å²) in [6.07, 6.45) is 0. The molecule has 0 atom stereocenters. The summed E-state index contributed by atoms with van der Waals surface area (Å²) in [4.78, 5) is 22.3. The minimum atomic E-state index is -2.58. The summed E-state index contributed by atoms with van der Waals surface area (Å²) in [6.45, 7) is 7.74. The molecule has 0 aliphatic carbocycles. The predicted octanol–water partition coefficient (Wildman–Crippen LogP) is 3.14. The third-order valence-corrected chi connectivity index (χ3v) is 6.24. The summed E-state index contributed by atoms with van der Waals surface area (Å²) in [5.41, 5.74) is 0.651. The summed E-state index contributed by atoms with van der Waals surface area (Å²) < 4.78 is 9.82. The minimum Gasteiger partial charge on any atom is -0.463 e. The van der Waals surface area contributed by atoms with Crippen molar-refractivity contribution in [3.05, 3.63) is 24.3 Å². The van der Waals surface area contributed by atoms with E-state index in [1.165, 1.54) is 0 Å². The summed E-state index contributed by atoms with van der Waals surface area (Å²) in [7, 11) is 0. The smallest absolute Gasteiger partial charge is 0.333 e. The minimum absolute atomic E-state index is 0.138. The summed E-state index contributed by atoms with van der Waals surface area (Å²) in [6, 6.07) is 0.750. The molecule has 108 valence electrons. The lowest BCUT2D eigenvalue weighted by atomic mass is 10.4. The van der Waals surface area contributed by atoms with Crippen LogP contribution >= 0.6 is 22.2 Å². The van der Waals surface area contributed by atoms with E-state index in [0.717, 1.165) is 0 Å². The summed E-state index contributed by atoms with van der Waals surface area (Å²) >= 11 is 12.3. The molecule has 0 aliphatic rings. The van der Waals surface area contributed by atoms with Crippen molar-refractivity contribution >= 4 is 40.8 Å². The molecule has 0 saturated heterocycles. The van der Waals surface area contributed by atoms with E-state index in [-0.39, 0.29) is 13.2 Å². The molecule has 0 bridgehead atoms. The molecule has 0 rings (SSSR count). The molecule has 0 fully saturated rings. The Balaban J connectivity index is 3.92. The van der Waals surface area contributed by atoms with E-state index in [1.54, 1.807) is 13.8 Å². The number of ether oxygens (including phenoxy) is 2. The van der Waals surface area contributed by atoms with Crippen LogP contribution < -0.4 is 0 Å². The Labute approximate surface area is 123 Å². The second-order valence-electron chi connectivity index (χ2n) is 4.19. The quantitative estimate of drug-likeness (QED) is 0.298. The first-order chi connectivity index (χ1) is 8.65. The van der Waals surface area contributed by atoms with Crippen molar-refractivity contribution in [3.8, 4) is 0 Å². The van der Waals surface area contributed by atoms with Crippen LogP contribution in [0.4, 0.5) is 0 Å². The maximum atomic E-state index is 11.1. The number of esters is 2. The third kappa shape index (κ3) is 8.86. The molecule has 7 heteroatoms. The highest BCUT2D eigenvalue weighted by Crippen LogP contribution is 2.25. The van der Waals surface area contributed by atoms with Crippen molar-refractivity contribution in [1.29, 1.82) is 0 Å². The van der Waals surface area contributed by atoms with Crippen molar-refractivity contribution in [2.24, 2.45) is 0 Å². The fraction of sp³-hybridized carbons (Fsp3) is 0.500. The lowest BCUT2D eigenvalue weighted by Gasteiger charge is -2.16. The predicted molar refractivity (Wildman–Crippen MR) is 78.6 cm³/mol. The van der Waals surface area contributed by atoms with E-state index in [9.17, 15) is 9.59 Å². The highest BCUT2D eigenvalue weighted by molar-refractivity contribution is 7.45. The standard InChI is InChI=1S/C12H18Cl2O4Si/c1-9(2)11(15)17-5-7-19(13,14)8-6-18-12(16)10(3)4/h1,3,5-8H2,2,4H3. The van der Waals surface area contributed by atoms with Gasteiger partial charge < -0.3 is 9.47 Å². The monoisotopic (exact) mass is 324 g/mol. The first-order valence-corrected chi connectivity index (χ1v) is 10.1.